The second-order valence-corrected chi connectivity index (χ2v) is 3.80. The zero-order valence-electron chi connectivity index (χ0n) is 10.2. The molecule has 16 heavy (non-hydrogen) atoms. The van der Waals surface area contributed by atoms with Crippen LogP contribution in [-0.4, -0.2) is 29.2 Å². The van der Waals surface area contributed by atoms with E-state index in [2.05, 4.69) is 23.5 Å². The van der Waals surface area contributed by atoms with E-state index in [1.54, 1.807) is 4.68 Å². The number of hydrogen-bond donors (Lipinski definition) is 0. The van der Waals surface area contributed by atoms with Gasteiger partial charge in [0, 0.05) is 20.1 Å². The molecule has 0 bridgehead atoms. The molecular weight excluding hydrogens is 202 g/mol. The minimum Gasteiger partial charge on any atom is -0.353 e. The van der Waals surface area contributed by atoms with Gasteiger partial charge in [-0.3, -0.25) is 9.48 Å². The molecule has 1 aromatic heterocycles. The summed E-state index contributed by atoms with van der Waals surface area (Å²) in [5.74, 6) is 0.884. The highest BCUT2D eigenvalue weighted by Crippen LogP contribution is 2.21. The molecular formula is C12H19N3O. The van der Waals surface area contributed by atoms with E-state index < -0.39 is 0 Å². The van der Waals surface area contributed by atoms with Gasteiger partial charge in [0.1, 0.15) is 5.82 Å². The molecule has 0 aromatic carbocycles. The molecule has 0 saturated heterocycles. The average molecular weight is 221 g/mol. The Kier molecular flexibility index (Phi) is 4.28. The molecule has 0 N–H and O–H groups in total. The van der Waals surface area contributed by atoms with Crippen LogP contribution in [0.5, 0.6) is 0 Å². The minimum absolute atomic E-state index is 0.679. The Morgan fingerprint density at radius 2 is 2.25 bits per heavy atom. The lowest BCUT2D eigenvalue weighted by Gasteiger charge is -2.23. The van der Waals surface area contributed by atoms with E-state index in [9.17, 15) is 4.79 Å². The van der Waals surface area contributed by atoms with Crippen molar-refractivity contribution in [2.75, 3.05) is 18.0 Å². The summed E-state index contributed by atoms with van der Waals surface area (Å²) < 4.78 is 1.76. The highest BCUT2D eigenvalue weighted by molar-refractivity contribution is 5.84. The van der Waals surface area contributed by atoms with Crippen molar-refractivity contribution in [3.63, 3.8) is 0 Å². The van der Waals surface area contributed by atoms with E-state index in [1.807, 2.05) is 20.0 Å². The molecule has 4 heteroatoms. The van der Waals surface area contributed by atoms with Crippen LogP contribution in [-0.2, 0) is 7.05 Å². The molecule has 1 heterocycles. The van der Waals surface area contributed by atoms with E-state index in [4.69, 9.17) is 0 Å². The van der Waals surface area contributed by atoms with Gasteiger partial charge in [0.25, 0.3) is 0 Å². The second kappa shape index (κ2) is 5.49. The normalized spacial score (nSPS) is 10.2. The smallest absolute Gasteiger partial charge is 0.155 e. The number of rotatable bonds is 6. The van der Waals surface area contributed by atoms with Gasteiger partial charge in [-0.15, -0.1) is 6.58 Å². The molecule has 0 aliphatic heterocycles. The Balaban J connectivity index is 3.15. The number of hydrogen-bond acceptors (Lipinski definition) is 3. The van der Waals surface area contributed by atoms with Gasteiger partial charge in [0.2, 0.25) is 0 Å². The fraction of sp³-hybridized carbons (Fsp3) is 0.500. The standard InChI is InChI=1S/C12H19N3O/c1-5-7-15(8-6-2)12-11(9-16)10(3)13-14(12)4/h5,9H,1,6-8H2,2-4H3. The summed E-state index contributed by atoms with van der Waals surface area (Å²) in [6, 6.07) is 0. The van der Waals surface area contributed by atoms with E-state index in [1.165, 1.54) is 0 Å². The van der Waals surface area contributed by atoms with Crippen LogP contribution in [0.15, 0.2) is 12.7 Å². The van der Waals surface area contributed by atoms with Crippen molar-refractivity contribution in [1.29, 1.82) is 0 Å². The van der Waals surface area contributed by atoms with Crippen LogP contribution in [0.2, 0.25) is 0 Å². The van der Waals surface area contributed by atoms with E-state index in [-0.39, 0.29) is 0 Å². The first-order valence-corrected chi connectivity index (χ1v) is 5.50. The lowest BCUT2D eigenvalue weighted by atomic mass is 10.2. The average Bonchev–Trinajstić information content (AvgIpc) is 2.52. The Hall–Kier alpha value is -1.58. The van der Waals surface area contributed by atoms with Crippen molar-refractivity contribution in [3.05, 3.63) is 23.9 Å². The Labute approximate surface area is 96.6 Å². The van der Waals surface area contributed by atoms with Crippen LogP contribution in [0.25, 0.3) is 0 Å². The summed E-state index contributed by atoms with van der Waals surface area (Å²) >= 11 is 0. The Morgan fingerprint density at radius 1 is 1.56 bits per heavy atom. The van der Waals surface area contributed by atoms with Crippen molar-refractivity contribution >= 4 is 12.1 Å². The van der Waals surface area contributed by atoms with Crippen LogP contribution in [0.1, 0.15) is 29.4 Å². The largest absolute Gasteiger partial charge is 0.353 e. The topological polar surface area (TPSA) is 38.1 Å². The zero-order valence-corrected chi connectivity index (χ0v) is 10.2. The first-order chi connectivity index (χ1) is 7.65. The maximum absolute atomic E-state index is 11.1. The molecule has 0 radical (unpaired) electrons. The predicted octanol–water partition coefficient (Wildman–Crippen LogP) is 1.94. The van der Waals surface area contributed by atoms with Gasteiger partial charge in [-0.25, -0.2) is 0 Å². The third-order valence-corrected chi connectivity index (χ3v) is 2.50. The Bertz CT molecular complexity index is 382. The predicted molar refractivity (Wildman–Crippen MR) is 66.0 cm³/mol. The lowest BCUT2D eigenvalue weighted by Crippen LogP contribution is -2.27. The van der Waals surface area contributed by atoms with Crippen LogP contribution < -0.4 is 4.90 Å². The van der Waals surface area contributed by atoms with Crippen molar-refractivity contribution < 1.29 is 4.79 Å². The summed E-state index contributed by atoms with van der Waals surface area (Å²) in [4.78, 5) is 13.2. The molecule has 4 nitrogen and oxygen atoms in total. The number of carbonyl (C=O) groups is 1. The molecule has 0 aliphatic rings. The summed E-state index contributed by atoms with van der Waals surface area (Å²) in [7, 11) is 1.86. The summed E-state index contributed by atoms with van der Waals surface area (Å²) in [6.07, 6.45) is 3.74. The second-order valence-electron chi connectivity index (χ2n) is 3.80. The molecule has 0 amide bonds. The molecule has 0 atom stereocenters. The van der Waals surface area contributed by atoms with E-state index in [0.717, 1.165) is 37.3 Å². The highest BCUT2D eigenvalue weighted by atomic mass is 16.1. The number of aryl methyl sites for hydroxylation is 2. The fourth-order valence-corrected chi connectivity index (χ4v) is 1.88. The van der Waals surface area contributed by atoms with Crippen LogP contribution in [0.3, 0.4) is 0 Å². The van der Waals surface area contributed by atoms with Gasteiger partial charge >= 0.3 is 0 Å². The van der Waals surface area contributed by atoms with Gasteiger partial charge in [-0.1, -0.05) is 13.0 Å². The monoisotopic (exact) mass is 221 g/mol. The summed E-state index contributed by atoms with van der Waals surface area (Å²) in [5.41, 5.74) is 1.45. The summed E-state index contributed by atoms with van der Waals surface area (Å²) in [5, 5.41) is 4.28. The van der Waals surface area contributed by atoms with Crippen molar-refractivity contribution in [2.24, 2.45) is 7.05 Å². The van der Waals surface area contributed by atoms with E-state index >= 15 is 0 Å². The third-order valence-electron chi connectivity index (χ3n) is 2.50. The number of aromatic nitrogens is 2. The minimum atomic E-state index is 0.679. The van der Waals surface area contributed by atoms with Gasteiger partial charge in [0.05, 0.1) is 11.3 Å². The van der Waals surface area contributed by atoms with Crippen LogP contribution in [0.4, 0.5) is 5.82 Å². The SMILES string of the molecule is C=CCN(CCC)c1c(C=O)c(C)nn1C. The molecule has 1 rings (SSSR count). The highest BCUT2D eigenvalue weighted by Gasteiger charge is 2.17. The first kappa shape index (κ1) is 12.5. The molecule has 0 aliphatic carbocycles. The van der Waals surface area contributed by atoms with Gasteiger partial charge in [0.15, 0.2) is 6.29 Å². The molecule has 88 valence electrons. The van der Waals surface area contributed by atoms with Gasteiger partial charge < -0.3 is 4.90 Å². The molecule has 1 aromatic rings. The molecule has 0 spiro atoms. The maximum Gasteiger partial charge on any atom is 0.155 e. The maximum atomic E-state index is 11.1. The zero-order chi connectivity index (χ0) is 12.1. The summed E-state index contributed by atoms with van der Waals surface area (Å²) in [6.45, 7) is 9.33. The quantitative estimate of drug-likeness (QED) is 0.544. The Morgan fingerprint density at radius 3 is 2.75 bits per heavy atom. The number of aldehydes is 1. The molecule has 0 unspecified atom stereocenters. The fourth-order valence-electron chi connectivity index (χ4n) is 1.88. The third kappa shape index (κ3) is 2.32. The lowest BCUT2D eigenvalue weighted by molar-refractivity contribution is 0.112. The molecule has 0 fully saturated rings. The van der Waals surface area contributed by atoms with Crippen molar-refractivity contribution in [2.45, 2.75) is 20.3 Å². The first-order valence-electron chi connectivity index (χ1n) is 5.50. The number of nitrogens with zero attached hydrogens (tertiary/aromatic N) is 3. The van der Waals surface area contributed by atoms with Crippen LogP contribution >= 0.6 is 0 Å². The van der Waals surface area contributed by atoms with Gasteiger partial charge in [-0.05, 0) is 13.3 Å². The van der Waals surface area contributed by atoms with E-state index in [0.29, 0.717) is 5.56 Å². The number of carbonyl (C=O) groups excluding carboxylic acids is 1. The van der Waals surface area contributed by atoms with Crippen molar-refractivity contribution in [3.8, 4) is 0 Å². The number of anilines is 1. The van der Waals surface area contributed by atoms with Crippen LogP contribution in [0, 0.1) is 6.92 Å². The van der Waals surface area contributed by atoms with Gasteiger partial charge in [-0.2, -0.15) is 5.10 Å². The molecule has 0 saturated carbocycles. The van der Waals surface area contributed by atoms with Crippen molar-refractivity contribution in [1.82, 2.24) is 9.78 Å².